The monoisotopic (exact) mass is 503 g/mol. The zero-order valence-corrected chi connectivity index (χ0v) is 19.9. The van der Waals surface area contributed by atoms with Gasteiger partial charge in [-0.1, -0.05) is 17.7 Å². The van der Waals surface area contributed by atoms with Crippen LogP contribution in [-0.2, 0) is 25.6 Å². The molecule has 1 aromatic rings. The van der Waals surface area contributed by atoms with Crippen LogP contribution in [0.4, 0.5) is 0 Å². The van der Waals surface area contributed by atoms with Gasteiger partial charge < -0.3 is 21.7 Å². The number of carbonyl (C=O) groups excluding carboxylic acids is 5. The fraction of sp³-hybridized carbons (Fsp3) is 0.458. The van der Waals surface area contributed by atoms with Gasteiger partial charge in [0.2, 0.25) is 5.91 Å². The van der Waals surface area contributed by atoms with Gasteiger partial charge >= 0.3 is 0 Å². The zero-order chi connectivity index (χ0) is 26.0. The van der Waals surface area contributed by atoms with Crippen molar-refractivity contribution in [3.05, 3.63) is 33.9 Å². The molecule has 2 unspecified atom stereocenters. The molecule has 1 aromatic carbocycles. The number of phenolic OH excluding ortho intramolecular Hbond substituents is 1. The first-order valence-electron chi connectivity index (χ1n) is 11.1. The minimum absolute atomic E-state index is 0.0205. The number of likely N-dealkylation sites (N-methyl/N-ethyl adjacent to an activating group) is 1. The minimum atomic E-state index is -2.74. The second-order valence-corrected chi connectivity index (χ2v) is 10.1. The van der Waals surface area contributed by atoms with Crippen LogP contribution in [0, 0.1) is 23.7 Å². The number of benzene rings is 1. The average Bonchev–Trinajstić information content (AvgIpc) is 2.77. The van der Waals surface area contributed by atoms with Crippen molar-refractivity contribution in [2.24, 2.45) is 35.1 Å². The maximum absolute atomic E-state index is 13.7. The van der Waals surface area contributed by atoms with Crippen LogP contribution in [-0.4, -0.2) is 76.4 Å². The molecular formula is C24H26ClN3O7. The van der Waals surface area contributed by atoms with Crippen molar-refractivity contribution < 1.29 is 34.2 Å². The lowest BCUT2D eigenvalue weighted by atomic mass is 9.52. The third-order valence-corrected chi connectivity index (χ3v) is 7.75. The second-order valence-electron chi connectivity index (χ2n) is 9.61. The molecule has 2 saturated carbocycles. The van der Waals surface area contributed by atoms with E-state index in [9.17, 15) is 34.2 Å². The van der Waals surface area contributed by atoms with Crippen LogP contribution in [0.3, 0.4) is 0 Å². The van der Waals surface area contributed by atoms with E-state index in [-0.39, 0.29) is 30.7 Å². The fourth-order valence-corrected chi connectivity index (χ4v) is 6.11. The van der Waals surface area contributed by atoms with Gasteiger partial charge in [0, 0.05) is 17.5 Å². The molecule has 4 rings (SSSR count). The van der Waals surface area contributed by atoms with Gasteiger partial charge in [-0.15, -0.1) is 0 Å². The maximum atomic E-state index is 13.7. The molecular weight excluding hydrogens is 478 g/mol. The van der Waals surface area contributed by atoms with Crippen molar-refractivity contribution in [1.82, 2.24) is 4.90 Å². The fourth-order valence-electron chi connectivity index (χ4n) is 5.99. The minimum Gasteiger partial charge on any atom is -0.507 e. The largest absolute Gasteiger partial charge is 0.507 e. The highest BCUT2D eigenvalue weighted by Gasteiger charge is 2.69. The highest BCUT2D eigenvalue weighted by molar-refractivity contribution is 6.33. The summed E-state index contributed by atoms with van der Waals surface area (Å²) in [5, 5.41) is 22.3. The molecule has 0 spiro atoms. The van der Waals surface area contributed by atoms with E-state index in [1.54, 1.807) is 12.1 Å². The lowest BCUT2D eigenvalue weighted by molar-refractivity contribution is -0.181. The van der Waals surface area contributed by atoms with Crippen LogP contribution >= 0.6 is 11.6 Å². The second kappa shape index (κ2) is 8.63. The zero-order valence-electron chi connectivity index (χ0n) is 19.2. The third-order valence-electron chi connectivity index (χ3n) is 7.49. The smallest absolute Gasteiger partial charge is 0.235 e. The molecule has 0 heterocycles. The number of aliphatic hydroxyl groups is 1. The topological polar surface area (TPSA) is 181 Å². The lowest BCUT2D eigenvalue weighted by Gasteiger charge is -2.52. The first kappa shape index (κ1) is 25.2. The van der Waals surface area contributed by atoms with Gasteiger partial charge in [-0.2, -0.15) is 0 Å². The third kappa shape index (κ3) is 3.55. The number of aromatic hydroxyl groups is 1. The normalized spacial score (nSPS) is 32.9. The predicted molar refractivity (Wildman–Crippen MR) is 124 cm³/mol. The van der Waals surface area contributed by atoms with Gasteiger partial charge in [0.25, 0.3) is 0 Å². The van der Waals surface area contributed by atoms with Crippen molar-refractivity contribution in [3.8, 4) is 5.75 Å². The standard InChI is InChI=1S/C24H26ClN3O7/c1-28(2)18-13-7-10-6-12-9(5-11(25)8-26)3-4-14(29)16(12)19(30)15(10)21(32)24(13,35)22(33)17(20(18)31)23(27)34/h3-5,10,13,15,17-18,29,35H,6-8,26H2,1-2H3,(H2,27,34)/b11-5-/t10-,13-,15?,17?,18-,24-/m0/s1. The van der Waals surface area contributed by atoms with Crippen LogP contribution in [0.25, 0.3) is 6.08 Å². The number of fused-ring (bicyclic) bond motifs is 3. The van der Waals surface area contributed by atoms with Crippen molar-refractivity contribution in [2.75, 3.05) is 20.6 Å². The Hall–Kier alpha value is -2.92. The molecule has 6 N–H and O–H groups in total. The summed E-state index contributed by atoms with van der Waals surface area (Å²) >= 11 is 6.10. The molecule has 35 heavy (non-hydrogen) atoms. The summed E-state index contributed by atoms with van der Waals surface area (Å²) in [6, 6.07) is 1.73. The van der Waals surface area contributed by atoms with Crippen molar-refractivity contribution in [1.29, 1.82) is 0 Å². The first-order chi connectivity index (χ1) is 16.4. The maximum Gasteiger partial charge on any atom is 0.235 e. The summed E-state index contributed by atoms with van der Waals surface area (Å²) in [4.78, 5) is 67.0. The molecule has 0 radical (unpaired) electrons. The van der Waals surface area contributed by atoms with E-state index in [1.807, 2.05) is 0 Å². The van der Waals surface area contributed by atoms with Crippen molar-refractivity contribution in [2.45, 2.75) is 24.5 Å². The summed E-state index contributed by atoms with van der Waals surface area (Å²) < 4.78 is 0. The molecule has 1 amide bonds. The number of nitrogens with zero attached hydrogens (tertiary/aromatic N) is 1. The molecule has 2 fully saturated rings. The van der Waals surface area contributed by atoms with Crippen LogP contribution in [0.15, 0.2) is 17.2 Å². The highest BCUT2D eigenvalue weighted by atomic mass is 35.5. The molecule has 3 aliphatic carbocycles. The van der Waals surface area contributed by atoms with Crippen LogP contribution < -0.4 is 11.5 Å². The number of carbonyl (C=O) groups is 5. The van der Waals surface area contributed by atoms with E-state index < -0.39 is 64.4 Å². The van der Waals surface area contributed by atoms with Gasteiger partial charge in [0.1, 0.15) is 5.75 Å². The summed E-state index contributed by atoms with van der Waals surface area (Å²) in [5.74, 6) is -10.8. The SMILES string of the molecule is CN(C)[C@@H]1C(=O)C(C(N)=O)C(=O)[C@@]2(O)C(=O)C3C(=O)c4c(O)ccc(/C=C(\Cl)CN)c4C[C@H]3C[C@@H]12. The number of hydrogen-bond acceptors (Lipinski definition) is 9. The molecule has 186 valence electrons. The van der Waals surface area contributed by atoms with E-state index in [1.165, 1.54) is 25.1 Å². The summed E-state index contributed by atoms with van der Waals surface area (Å²) in [5.41, 5.74) is 9.05. The van der Waals surface area contributed by atoms with Gasteiger partial charge in [-0.05, 0) is 56.1 Å². The number of primary amides is 1. The Morgan fingerprint density at radius 2 is 1.89 bits per heavy atom. The number of hydrogen-bond donors (Lipinski definition) is 4. The molecule has 0 bridgehead atoms. The van der Waals surface area contributed by atoms with Gasteiger partial charge in [-0.3, -0.25) is 28.9 Å². The molecule has 3 aliphatic rings. The van der Waals surface area contributed by atoms with Crippen LogP contribution in [0.5, 0.6) is 5.75 Å². The van der Waals surface area contributed by atoms with E-state index >= 15 is 0 Å². The Labute approximate surface area is 205 Å². The number of rotatable bonds is 4. The first-order valence-corrected chi connectivity index (χ1v) is 11.5. The average molecular weight is 504 g/mol. The van der Waals surface area contributed by atoms with Gasteiger partial charge in [0.15, 0.2) is 34.7 Å². The Bertz CT molecular complexity index is 1210. The van der Waals surface area contributed by atoms with E-state index in [2.05, 4.69) is 0 Å². The molecule has 10 nitrogen and oxygen atoms in total. The number of nitrogens with two attached hydrogens (primary N) is 2. The Balaban J connectivity index is 1.88. The Morgan fingerprint density at radius 1 is 1.23 bits per heavy atom. The van der Waals surface area contributed by atoms with Gasteiger partial charge in [-0.25, -0.2) is 0 Å². The number of amides is 1. The molecule has 11 heteroatoms. The predicted octanol–water partition coefficient (Wildman–Crippen LogP) is -0.595. The van der Waals surface area contributed by atoms with E-state index in [0.29, 0.717) is 16.2 Å². The summed E-state index contributed by atoms with van der Waals surface area (Å²) in [6.07, 6.45) is 1.70. The number of phenols is 1. The number of Topliss-reactive ketones (excluding diaryl/α,β-unsaturated/α-hetero) is 4. The molecule has 6 atom stereocenters. The summed E-state index contributed by atoms with van der Waals surface area (Å²) in [7, 11) is 3.06. The lowest BCUT2D eigenvalue weighted by Crippen LogP contribution is -2.74. The van der Waals surface area contributed by atoms with Crippen molar-refractivity contribution in [3.63, 3.8) is 0 Å². The number of ketones is 4. The quantitative estimate of drug-likeness (QED) is 0.390. The Kier molecular flexibility index (Phi) is 6.21. The highest BCUT2D eigenvalue weighted by Crippen LogP contribution is 2.51. The Morgan fingerprint density at radius 3 is 2.46 bits per heavy atom. The molecule has 0 saturated heterocycles. The van der Waals surface area contributed by atoms with Crippen molar-refractivity contribution >= 4 is 46.7 Å². The van der Waals surface area contributed by atoms with Gasteiger partial charge in [0.05, 0.1) is 17.5 Å². The summed E-state index contributed by atoms with van der Waals surface area (Å²) in [6.45, 7) is 0.0561. The molecule has 0 aliphatic heterocycles. The number of halogens is 1. The van der Waals surface area contributed by atoms with E-state index in [4.69, 9.17) is 23.1 Å². The van der Waals surface area contributed by atoms with Crippen LogP contribution in [0.1, 0.15) is 27.9 Å². The molecule has 0 aromatic heterocycles. The van der Waals surface area contributed by atoms with Crippen LogP contribution in [0.2, 0.25) is 0 Å². The van der Waals surface area contributed by atoms with E-state index in [0.717, 1.165) is 0 Å².